The van der Waals surface area contributed by atoms with Gasteiger partial charge in [0.05, 0.1) is 36.4 Å². The molecule has 0 spiro atoms. The van der Waals surface area contributed by atoms with E-state index in [-0.39, 0.29) is 11.4 Å². The van der Waals surface area contributed by atoms with Gasteiger partial charge in [0.25, 0.3) is 10.0 Å². The molecule has 1 aliphatic rings. The quantitative estimate of drug-likeness (QED) is 0.782. The van der Waals surface area contributed by atoms with Gasteiger partial charge in [0.1, 0.15) is 0 Å². The molecule has 0 saturated carbocycles. The summed E-state index contributed by atoms with van der Waals surface area (Å²) in [5, 5.41) is 10.6. The number of hydrogen-bond acceptors (Lipinski definition) is 5. The molecule has 2 aromatic carbocycles. The lowest BCUT2D eigenvalue weighted by molar-refractivity contribution is 0.0166. The average Bonchev–Trinajstić information content (AvgIpc) is 2.68. The molecule has 1 aliphatic heterocycles. The third kappa shape index (κ3) is 5.07. The van der Waals surface area contributed by atoms with Gasteiger partial charge >= 0.3 is 0 Å². The monoisotopic (exact) mass is 390 g/mol. The molecular formula is C20H26N2O4S. The Morgan fingerprint density at radius 2 is 1.70 bits per heavy atom. The van der Waals surface area contributed by atoms with Crippen LogP contribution in [-0.2, 0) is 14.8 Å². The zero-order valence-electron chi connectivity index (χ0n) is 15.5. The lowest BCUT2D eigenvalue weighted by Crippen LogP contribution is -2.46. The van der Waals surface area contributed by atoms with Crippen LogP contribution >= 0.6 is 0 Å². The Morgan fingerprint density at radius 3 is 2.33 bits per heavy atom. The normalized spacial score (nSPS) is 16.8. The second-order valence-corrected chi connectivity index (χ2v) is 8.61. The lowest BCUT2D eigenvalue weighted by Gasteiger charge is -2.31. The maximum absolute atomic E-state index is 13.2. The molecule has 0 amide bonds. The Balaban J connectivity index is 1.84. The Hall–Kier alpha value is -1.93. The van der Waals surface area contributed by atoms with Crippen molar-refractivity contribution in [3.05, 3.63) is 60.2 Å². The summed E-state index contributed by atoms with van der Waals surface area (Å²) in [7, 11) is -3.77. The van der Waals surface area contributed by atoms with Gasteiger partial charge in [0, 0.05) is 19.6 Å². The Labute approximate surface area is 161 Å². The molecular weight excluding hydrogens is 364 g/mol. The number of aliphatic hydroxyl groups is 1. The van der Waals surface area contributed by atoms with Crippen LogP contribution in [0.4, 0.5) is 5.69 Å². The molecule has 2 aromatic rings. The molecule has 1 fully saturated rings. The number of morpholine rings is 1. The van der Waals surface area contributed by atoms with Crippen molar-refractivity contribution < 1.29 is 18.3 Å². The van der Waals surface area contributed by atoms with Crippen molar-refractivity contribution >= 4 is 15.7 Å². The van der Waals surface area contributed by atoms with Gasteiger partial charge in [-0.15, -0.1) is 0 Å². The molecule has 146 valence electrons. The van der Waals surface area contributed by atoms with Crippen molar-refractivity contribution in [1.82, 2.24) is 4.90 Å². The molecule has 7 heteroatoms. The second kappa shape index (κ2) is 8.84. The van der Waals surface area contributed by atoms with Gasteiger partial charge in [0.2, 0.25) is 0 Å². The summed E-state index contributed by atoms with van der Waals surface area (Å²) >= 11 is 0. The minimum Gasteiger partial charge on any atom is -0.390 e. The van der Waals surface area contributed by atoms with E-state index in [0.29, 0.717) is 25.4 Å². The molecule has 0 unspecified atom stereocenters. The van der Waals surface area contributed by atoms with Crippen LogP contribution in [0.15, 0.2) is 59.5 Å². The molecule has 1 N–H and O–H groups in total. The number of benzene rings is 2. The summed E-state index contributed by atoms with van der Waals surface area (Å²) in [6.07, 6.45) is -0.803. The highest BCUT2D eigenvalue weighted by atomic mass is 32.2. The molecule has 3 rings (SSSR count). The third-order valence-electron chi connectivity index (χ3n) is 4.60. The second-order valence-electron chi connectivity index (χ2n) is 6.75. The number of aliphatic hydroxyl groups excluding tert-OH is 1. The molecule has 1 atom stereocenters. The molecule has 6 nitrogen and oxygen atoms in total. The van der Waals surface area contributed by atoms with Crippen molar-refractivity contribution in [3.63, 3.8) is 0 Å². The van der Waals surface area contributed by atoms with E-state index in [1.165, 1.54) is 4.31 Å². The van der Waals surface area contributed by atoms with Gasteiger partial charge in [-0.3, -0.25) is 9.21 Å². The van der Waals surface area contributed by atoms with Crippen molar-refractivity contribution in [2.24, 2.45) is 0 Å². The van der Waals surface area contributed by atoms with Gasteiger partial charge in [-0.25, -0.2) is 8.42 Å². The third-order valence-corrected chi connectivity index (χ3v) is 6.41. The van der Waals surface area contributed by atoms with Crippen molar-refractivity contribution in [3.8, 4) is 0 Å². The van der Waals surface area contributed by atoms with E-state index < -0.39 is 16.1 Å². The predicted octanol–water partition coefficient (Wildman–Crippen LogP) is 1.88. The molecule has 0 radical (unpaired) electrons. The van der Waals surface area contributed by atoms with Crippen LogP contribution in [0.25, 0.3) is 0 Å². The lowest BCUT2D eigenvalue weighted by atomic mass is 10.2. The summed E-state index contributed by atoms with van der Waals surface area (Å²) in [5.74, 6) is 0. The maximum atomic E-state index is 13.2. The first kappa shape index (κ1) is 19.8. The average molecular weight is 391 g/mol. The summed E-state index contributed by atoms with van der Waals surface area (Å²) in [6.45, 7) is 5.12. The zero-order chi connectivity index (χ0) is 19.3. The van der Waals surface area contributed by atoms with E-state index in [1.807, 2.05) is 19.1 Å². The SMILES string of the molecule is Cc1ccc(N(C[C@@H](O)CN2CCOCC2)S(=O)(=O)c2ccccc2)cc1. The van der Waals surface area contributed by atoms with Crippen molar-refractivity contribution in [1.29, 1.82) is 0 Å². The summed E-state index contributed by atoms with van der Waals surface area (Å²) in [5.41, 5.74) is 1.59. The fourth-order valence-electron chi connectivity index (χ4n) is 3.10. The topological polar surface area (TPSA) is 70.1 Å². The fraction of sp³-hybridized carbons (Fsp3) is 0.400. The number of ether oxygens (including phenoxy) is 1. The Morgan fingerprint density at radius 1 is 1.07 bits per heavy atom. The van der Waals surface area contributed by atoms with E-state index in [4.69, 9.17) is 4.74 Å². The van der Waals surface area contributed by atoms with E-state index in [9.17, 15) is 13.5 Å². The summed E-state index contributed by atoms with van der Waals surface area (Å²) in [4.78, 5) is 2.31. The zero-order valence-corrected chi connectivity index (χ0v) is 16.3. The summed E-state index contributed by atoms with van der Waals surface area (Å²) < 4.78 is 33.1. The first-order valence-corrected chi connectivity index (χ1v) is 10.5. The van der Waals surface area contributed by atoms with E-state index in [2.05, 4.69) is 4.90 Å². The Bertz CT molecular complexity index is 819. The minimum atomic E-state index is -3.77. The van der Waals surface area contributed by atoms with E-state index >= 15 is 0 Å². The number of hydrogen-bond donors (Lipinski definition) is 1. The van der Waals surface area contributed by atoms with Crippen LogP contribution in [0.1, 0.15) is 5.56 Å². The van der Waals surface area contributed by atoms with Crippen LogP contribution in [0.2, 0.25) is 0 Å². The molecule has 0 bridgehead atoms. The molecule has 1 saturated heterocycles. The van der Waals surface area contributed by atoms with Crippen LogP contribution in [0.3, 0.4) is 0 Å². The smallest absolute Gasteiger partial charge is 0.264 e. The number of anilines is 1. The van der Waals surface area contributed by atoms with Crippen LogP contribution in [-0.4, -0.2) is 63.9 Å². The standard InChI is InChI=1S/C20H26N2O4S/c1-17-7-9-18(10-8-17)22(27(24,25)20-5-3-2-4-6-20)16-19(23)15-21-11-13-26-14-12-21/h2-10,19,23H,11-16H2,1H3/t19-/m0/s1. The molecule has 1 heterocycles. The van der Waals surface area contributed by atoms with E-state index in [1.54, 1.807) is 42.5 Å². The Kier molecular flexibility index (Phi) is 6.49. The van der Waals surface area contributed by atoms with Crippen LogP contribution in [0, 0.1) is 6.92 Å². The highest BCUT2D eigenvalue weighted by molar-refractivity contribution is 7.92. The van der Waals surface area contributed by atoms with Crippen molar-refractivity contribution in [2.45, 2.75) is 17.9 Å². The predicted molar refractivity (Wildman–Crippen MR) is 105 cm³/mol. The number of aryl methyl sites for hydroxylation is 1. The van der Waals surface area contributed by atoms with Gasteiger partial charge < -0.3 is 9.84 Å². The van der Waals surface area contributed by atoms with E-state index in [0.717, 1.165) is 18.7 Å². The minimum absolute atomic E-state index is 0.00234. The molecule has 0 aromatic heterocycles. The van der Waals surface area contributed by atoms with Crippen LogP contribution in [0.5, 0.6) is 0 Å². The first-order valence-electron chi connectivity index (χ1n) is 9.09. The largest absolute Gasteiger partial charge is 0.390 e. The van der Waals surface area contributed by atoms with Gasteiger partial charge in [-0.1, -0.05) is 35.9 Å². The van der Waals surface area contributed by atoms with Crippen molar-refractivity contribution in [2.75, 3.05) is 43.7 Å². The molecule has 0 aliphatic carbocycles. The van der Waals surface area contributed by atoms with Crippen LogP contribution < -0.4 is 4.31 Å². The number of nitrogens with zero attached hydrogens (tertiary/aromatic N) is 2. The van der Waals surface area contributed by atoms with Gasteiger partial charge in [-0.05, 0) is 31.2 Å². The first-order chi connectivity index (χ1) is 13.0. The maximum Gasteiger partial charge on any atom is 0.264 e. The number of rotatable bonds is 7. The highest BCUT2D eigenvalue weighted by Gasteiger charge is 2.28. The summed E-state index contributed by atoms with van der Waals surface area (Å²) in [6, 6.07) is 15.6. The highest BCUT2D eigenvalue weighted by Crippen LogP contribution is 2.24. The fourth-order valence-corrected chi connectivity index (χ4v) is 4.63. The van der Waals surface area contributed by atoms with Gasteiger partial charge in [-0.2, -0.15) is 0 Å². The number of β-amino-alcohol motifs (C(OH)–C–C–N with tert-alkyl or cyclic N) is 1. The van der Waals surface area contributed by atoms with Gasteiger partial charge in [0.15, 0.2) is 0 Å². The number of sulfonamides is 1. The molecule has 27 heavy (non-hydrogen) atoms.